The summed E-state index contributed by atoms with van der Waals surface area (Å²) in [6, 6.07) is 1.47. The standard InChI is InChI=1S/C13H14BrNO5/c1-3-19-12(17)10(13(18)20-4-2)11(16)8-5-9(14)7-15-6-8/h5-7,10H,3-4H2,1-2H3. The lowest BCUT2D eigenvalue weighted by Gasteiger charge is -2.13. The quantitative estimate of drug-likeness (QED) is 0.444. The number of carbonyl (C=O) groups is 3. The van der Waals surface area contributed by atoms with Crippen molar-refractivity contribution in [3.63, 3.8) is 0 Å². The zero-order valence-electron chi connectivity index (χ0n) is 11.1. The van der Waals surface area contributed by atoms with E-state index >= 15 is 0 Å². The van der Waals surface area contributed by atoms with E-state index in [0.29, 0.717) is 4.47 Å². The van der Waals surface area contributed by atoms with E-state index in [4.69, 9.17) is 9.47 Å². The number of hydrogen-bond acceptors (Lipinski definition) is 6. The summed E-state index contributed by atoms with van der Waals surface area (Å²) in [5, 5.41) is 0. The van der Waals surface area contributed by atoms with Gasteiger partial charge in [0.05, 0.1) is 13.2 Å². The number of aromatic nitrogens is 1. The molecule has 0 fully saturated rings. The van der Waals surface area contributed by atoms with Crippen molar-refractivity contribution in [1.82, 2.24) is 4.98 Å². The lowest BCUT2D eigenvalue weighted by molar-refractivity contribution is -0.158. The molecule has 0 spiro atoms. The number of hydrogen-bond donors (Lipinski definition) is 0. The maximum atomic E-state index is 12.3. The molecule has 0 aromatic carbocycles. The van der Waals surface area contributed by atoms with Crippen LogP contribution in [0.25, 0.3) is 0 Å². The number of ketones is 1. The number of nitrogens with zero attached hydrogens (tertiary/aromatic N) is 1. The molecule has 0 unspecified atom stereocenters. The van der Waals surface area contributed by atoms with Crippen molar-refractivity contribution < 1.29 is 23.9 Å². The highest BCUT2D eigenvalue weighted by atomic mass is 79.9. The summed E-state index contributed by atoms with van der Waals surface area (Å²) in [5.74, 6) is -4.16. The van der Waals surface area contributed by atoms with Crippen LogP contribution in [-0.2, 0) is 19.1 Å². The third-order valence-electron chi connectivity index (χ3n) is 2.30. The fourth-order valence-corrected chi connectivity index (χ4v) is 1.84. The largest absolute Gasteiger partial charge is 0.465 e. The smallest absolute Gasteiger partial charge is 0.328 e. The number of esters is 2. The van der Waals surface area contributed by atoms with Crippen LogP contribution < -0.4 is 0 Å². The zero-order valence-corrected chi connectivity index (χ0v) is 12.7. The van der Waals surface area contributed by atoms with Gasteiger partial charge in [-0.25, -0.2) is 0 Å². The minimum absolute atomic E-state index is 0.0682. The van der Waals surface area contributed by atoms with E-state index in [-0.39, 0.29) is 18.8 Å². The van der Waals surface area contributed by atoms with Gasteiger partial charge in [-0.2, -0.15) is 0 Å². The zero-order chi connectivity index (χ0) is 15.1. The Kier molecular flexibility index (Phi) is 6.30. The van der Waals surface area contributed by atoms with Crippen LogP contribution in [0, 0.1) is 5.92 Å². The lowest BCUT2D eigenvalue weighted by atomic mass is 9.99. The molecule has 6 nitrogen and oxygen atoms in total. The summed E-state index contributed by atoms with van der Waals surface area (Å²) in [7, 11) is 0. The van der Waals surface area contributed by atoms with E-state index in [1.165, 1.54) is 18.5 Å². The predicted octanol–water partition coefficient (Wildman–Crippen LogP) is 1.77. The van der Waals surface area contributed by atoms with Crippen LogP contribution in [0.15, 0.2) is 22.9 Å². The highest BCUT2D eigenvalue weighted by Crippen LogP contribution is 2.16. The van der Waals surface area contributed by atoms with Gasteiger partial charge in [0.25, 0.3) is 0 Å². The number of halogens is 1. The molecule has 0 N–H and O–H groups in total. The Hall–Kier alpha value is -1.76. The number of carbonyl (C=O) groups excluding carboxylic acids is 3. The second kappa shape index (κ2) is 7.74. The van der Waals surface area contributed by atoms with Crippen LogP contribution in [-0.4, -0.2) is 35.9 Å². The molecule has 0 amide bonds. The van der Waals surface area contributed by atoms with Crippen molar-refractivity contribution in [1.29, 1.82) is 0 Å². The van der Waals surface area contributed by atoms with E-state index in [2.05, 4.69) is 20.9 Å². The maximum absolute atomic E-state index is 12.3. The molecule has 1 heterocycles. The molecule has 0 aliphatic heterocycles. The number of Topliss-reactive ketones (excluding diaryl/α,β-unsaturated/α-hetero) is 1. The highest BCUT2D eigenvalue weighted by Gasteiger charge is 2.37. The summed E-state index contributed by atoms with van der Waals surface area (Å²) in [5.41, 5.74) is 0.130. The number of rotatable bonds is 6. The van der Waals surface area contributed by atoms with Crippen molar-refractivity contribution in [3.05, 3.63) is 28.5 Å². The van der Waals surface area contributed by atoms with Crippen LogP contribution >= 0.6 is 15.9 Å². The SMILES string of the molecule is CCOC(=O)C(C(=O)OCC)C(=O)c1cncc(Br)c1. The average Bonchev–Trinajstić information content (AvgIpc) is 2.39. The fraction of sp³-hybridized carbons (Fsp3) is 0.385. The molecule has 0 radical (unpaired) electrons. The summed E-state index contributed by atoms with van der Waals surface area (Å²) < 4.78 is 10.1. The third-order valence-corrected chi connectivity index (χ3v) is 2.73. The summed E-state index contributed by atoms with van der Waals surface area (Å²) in [6.45, 7) is 3.31. The van der Waals surface area contributed by atoms with Gasteiger partial charge in [0.2, 0.25) is 5.92 Å². The molecule has 1 rings (SSSR count). The molecule has 1 aromatic rings. The molecular formula is C13H14BrNO5. The lowest BCUT2D eigenvalue weighted by Crippen LogP contribution is -2.35. The van der Waals surface area contributed by atoms with Crippen LogP contribution in [0.2, 0.25) is 0 Å². The molecule has 0 bridgehead atoms. The Balaban J connectivity index is 3.06. The normalized spacial score (nSPS) is 10.2. The second-order valence-electron chi connectivity index (χ2n) is 3.69. The topological polar surface area (TPSA) is 82.6 Å². The van der Waals surface area contributed by atoms with Crippen LogP contribution in [0.1, 0.15) is 24.2 Å². The molecule has 7 heteroatoms. The predicted molar refractivity (Wildman–Crippen MR) is 73.0 cm³/mol. The van der Waals surface area contributed by atoms with Crippen molar-refractivity contribution in [2.45, 2.75) is 13.8 Å². The maximum Gasteiger partial charge on any atom is 0.328 e. The monoisotopic (exact) mass is 343 g/mol. The molecule has 1 aromatic heterocycles. The second-order valence-corrected chi connectivity index (χ2v) is 4.61. The molecule has 0 aliphatic carbocycles. The van der Waals surface area contributed by atoms with E-state index < -0.39 is 23.6 Å². The van der Waals surface area contributed by atoms with Gasteiger partial charge in [0.15, 0.2) is 5.78 Å². The van der Waals surface area contributed by atoms with Crippen LogP contribution in [0.3, 0.4) is 0 Å². The highest BCUT2D eigenvalue weighted by molar-refractivity contribution is 9.10. The van der Waals surface area contributed by atoms with Gasteiger partial charge < -0.3 is 9.47 Å². The Bertz CT molecular complexity index is 499. The van der Waals surface area contributed by atoms with Gasteiger partial charge in [-0.15, -0.1) is 0 Å². The van der Waals surface area contributed by atoms with E-state index in [0.717, 1.165) is 0 Å². The molecule has 108 valence electrons. The van der Waals surface area contributed by atoms with Gasteiger partial charge in [-0.05, 0) is 35.8 Å². The minimum atomic E-state index is -1.62. The summed E-state index contributed by atoms with van der Waals surface area (Å²) in [6.07, 6.45) is 2.76. The Morgan fingerprint density at radius 1 is 1.15 bits per heavy atom. The van der Waals surface area contributed by atoms with Crippen molar-refractivity contribution in [3.8, 4) is 0 Å². The van der Waals surface area contributed by atoms with Crippen molar-refractivity contribution in [2.24, 2.45) is 5.92 Å². The number of pyridine rings is 1. The first-order valence-corrected chi connectivity index (χ1v) is 6.78. The van der Waals surface area contributed by atoms with Crippen LogP contribution in [0.5, 0.6) is 0 Å². The van der Waals surface area contributed by atoms with Crippen molar-refractivity contribution >= 4 is 33.7 Å². The third kappa shape index (κ3) is 4.12. The molecule has 20 heavy (non-hydrogen) atoms. The summed E-state index contributed by atoms with van der Waals surface area (Å²) in [4.78, 5) is 39.7. The van der Waals surface area contributed by atoms with E-state index in [1.54, 1.807) is 13.8 Å². The Morgan fingerprint density at radius 3 is 2.15 bits per heavy atom. The molecule has 0 aliphatic rings. The van der Waals surface area contributed by atoms with Gasteiger partial charge in [0.1, 0.15) is 0 Å². The molecule has 0 saturated carbocycles. The fourth-order valence-electron chi connectivity index (χ4n) is 1.47. The number of ether oxygens (including phenoxy) is 2. The molecule has 0 atom stereocenters. The van der Waals surface area contributed by atoms with E-state index in [1.807, 2.05) is 0 Å². The van der Waals surface area contributed by atoms with Gasteiger partial charge in [-0.3, -0.25) is 19.4 Å². The van der Waals surface area contributed by atoms with E-state index in [9.17, 15) is 14.4 Å². The average molecular weight is 344 g/mol. The first kappa shape index (κ1) is 16.3. The molecule has 0 saturated heterocycles. The molecular weight excluding hydrogens is 330 g/mol. The van der Waals surface area contributed by atoms with Gasteiger partial charge in [0, 0.05) is 22.4 Å². The Labute approximate surface area is 124 Å². The van der Waals surface area contributed by atoms with Crippen molar-refractivity contribution in [2.75, 3.05) is 13.2 Å². The minimum Gasteiger partial charge on any atom is -0.465 e. The Morgan fingerprint density at radius 2 is 1.70 bits per heavy atom. The van der Waals surface area contributed by atoms with Gasteiger partial charge in [-0.1, -0.05) is 0 Å². The van der Waals surface area contributed by atoms with Crippen LogP contribution in [0.4, 0.5) is 0 Å². The van der Waals surface area contributed by atoms with Gasteiger partial charge >= 0.3 is 11.9 Å². The summed E-state index contributed by atoms with van der Waals surface area (Å²) >= 11 is 3.17. The first-order chi connectivity index (χ1) is 9.51. The first-order valence-electron chi connectivity index (χ1n) is 5.99.